The topological polar surface area (TPSA) is 85.2 Å². The smallest absolute Gasteiger partial charge is 0.245 e. The third kappa shape index (κ3) is 5.07. The Balaban J connectivity index is 1.62. The zero-order valence-corrected chi connectivity index (χ0v) is 14.4. The molecule has 1 aromatic carbocycles. The molecule has 1 fully saturated rings. The first kappa shape index (κ1) is 17.5. The van der Waals surface area contributed by atoms with Crippen LogP contribution in [0.4, 0.5) is 0 Å². The summed E-state index contributed by atoms with van der Waals surface area (Å²) in [5.41, 5.74) is 1.07. The molecule has 1 aromatic heterocycles. The first-order valence-electron chi connectivity index (χ1n) is 8.59. The van der Waals surface area contributed by atoms with Crippen LogP contribution in [0.5, 0.6) is 0 Å². The van der Waals surface area contributed by atoms with Gasteiger partial charge in [0, 0.05) is 32.1 Å². The Morgan fingerprint density at radius 1 is 1.28 bits per heavy atom. The van der Waals surface area contributed by atoms with Gasteiger partial charge in [-0.15, -0.1) is 5.10 Å². The van der Waals surface area contributed by atoms with E-state index in [0.717, 1.165) is 38.4 Å². The van der Waals surface area contributed by atoms with Gasteiger partial charge in [-0.1, -0.05) is 30.3 Å². The molecule has 0 radical (unpaired) electrons. The zero-order chi connectivity index (χ0) is 17.5. The number of nitrogens with one attached hydrogen (secondary N) is 1. The van der Waals surface area contributed by atoms with E-state index in [0.29, 0.717) is 6.42 Å². The van der Waals surface area contributed by atoms with Crippen LogP contribution in [0, 0.1) is 0 Å². The maximum atomic E-state index is 12.8. The fraction of sp³-hybridized carbons (Fsp3) is 0.529. The maximum Gasteiger partial charge on any atom is 0.245 e. The third-order valence-electron chi connectivity index (χ3n) is 4.28. The number of amides is 1. The molecule has 134 valence electrons. The summed E-state index contributed by atoms with van der Waals surface area (Å²) in [4.78, 5) is 15.1. The van der Waals surface area contributed by atoms with Gasteiger partial charge >= 0.3 is 0 Å². The summed E-state index contributed by atoms with van der Waals surface area (Å²) in [7, 11) is 0. The molecule has 0 saturated carbocycles. The highest BCUT2D eigenvalue weighted by atomic mass is 16.5. The quantitative estimate of drug-likeness (QED) is 0.777. The maximum absolute atomic E-state index is 12.8. The van der Waals surface area contributed by atoms with Gasteiger partial charge in [-0.25, -0.2) is 4.68 Å². The number of benzene rings is 1. The summed E-state index contributed by atoms with van der Waals surface area (Å²) in [6.45, 7) is 6.14. The van der Waals surface area contributed by atoms with Crippen LogP contribution in [0.25, 0.3) is 0 Å². The van der Waals surface area contributed by atoms with E-state index in [1.807, 2.05) is 37.3 Å². The van der Waals surface area contributed by atoms with Crippen LogP contribution in [0.1, 0.15) is 18.5 Å². The molecular formula is C17H24N6O2. The molecule has 8 heteroatoms. The van der Waals surface area contributed by atoms with Gasteiger partial charge in [0.2, 0.25) is 5.91 Å². The van der Waals surface area contributed by atoms with Crippen LogP contribution in [0.3, 0.4) is 0 Å². The van der Waals surface area contributed by atoms with Gasteiger partial charge in [-0.3, -0.25) is 9.69 Å². The van der Waals surface area contributed by atoms with E-state index < -0.39 is 6.04 Å². The number of carbonyl (C=O) groups excluding carboxylic acids is 1. The van der Waals surface area contributed by atoms with Crippen molar-refractivity contribution >= 4 is 5.91 Å². The standard InChI is InChI=1S/C17H24N6O2/c1-14(12-22-7-9-25-10-8-22)19-17(24)16(23-13-18-20-21-23)11-15-5-3-2-4-6-15/h2-6,13-14,16H,7-12H2,1H3,(H,19,24). The largest absolute Gasteiger partial charge is 0.379 e. The normalized spacial score (nSPS) is 17.8. The molecule has 1 aliphatic rings. The molecule has 1 amide bonds. The number of hydrogen-bond donors (Lipinski definition) is 1. The molecular weight excluding hydrogens is 320 g/mol. The van der Waals surface area contributed by atoms with Gasteiger partial charge in [-0.05, 0) is 22.9 Å². The van der Waals surface area contributed by atoms with E-state index >= 15 is 0 Å². The minimum Gasteiger partial charge on any atom is -0.379 e. The zero-order valence-electron chi connectivity index (χ0n) is 14.4. The number of hydrogen-bond acceptors (Lipinski definition) is 6. The van der Waals surface area contributed by atoms with Crippen molar-refractivity contribution in [3.05, 3.63) is 42.2 Å². The fourth-order valence-electron chi connectivity index (χ4n) is 3.01. The van der Waals surface area contributed by atoms with Crippen molar-refractivity contribution in [1.82, 2.24) is 30.4 Å². The van der Waals surface area contributed by atoms with Crippen molar-refractivity contribution in [2.45, 2.75) is 25.4 Å². The van der Waals surface area contributed by atoms with Crippen LogP contribution in [0.2, 0.25) is 0 Å². The minimum absolute atomic E-state index is 0.0420. The van der Waals surface area contributed by atoms with Crippen molar-refractivity contribution in [1.29, 1.82) is 0 Å². The van der Waals surface area contributed by atoms with Crippen molar-refractivity contribution in [2.24, 2.45) is 0 Å². The average Bonchev–Trinajstić information content (AvgIpc) is 3.15. The molecule has 2 unspecified atom stereocenters. The van der Waals surface area contributed by atoms with Crippen LogP contribution in [0.15, 0.2) is 36.7 Å². The Bertz CT molecular complexity index is 642. The number of carbonyl (C=O) groups is 1. The monoisotopic (exact) mass is 344 g/mol. The van der Waals surface area contributed by atoms with Gasteiger partial charge in [0.25, 0.3) is 0 Å². The number of morpholine rings is 1. The van der Waals surface area contributed by atoms with Crippen molar-refractivity contribution < 1.29 is 9.53 Å². The predicted octanol–water partition coefficient (Wildman–Crippen LogP) is 0.294. The lowest BCUT2D eigenvalue weighted by atomic mass is 10.1. The average molecular weight is 344 g/mol. The lowest BCUT2D eigenvalue weighted by Crippen LogP contribution is -2.47. The lowest BCUT2D eigenvalue weighted by molar-refractivity contribution is -0.125. The summed E-state index contributed by atoms with van der Waals surface area (Å²) >= 11 is 0. The molecule has 0 bridgehead atoms. The van der Waals surface area contributed by atoms with Gasteiger partial charge in [0.05, 0.1) is 13.2 Å². The molecule has 8 nitrogen and oxygen atoms in total. The molecule has 0 aliphatic carbocycles. The van der Waals surface area contributed by atoms with E-state index in [1.54, 1.807) is 0 Å². The van der Waals surface area contributed by atoms with Crippen molar-refractivity contribution in [2.75, 3.05) is 32.8 Å². The number of aromatic nitrogens is 4. The van der Waals surface area contributed by atoms with Crippen LogP contribution >= 0.6 is 0 Å². The molecule has 1 N–H and O–H groups in total. The second kappa shape index (κ2) is 8.68. The SMILES string of the molecule is CC(CN1CCOCC1)NC(=O)C(Cc1ccccc1)n1cnnn1. The lowest BCUT2D eigenvalue weighted by Gasteiger charge is -2.30. The van der Waals surface area contributed by atoms with E-state index in [1.165, 1.54) is 11.0 Å². The highest BCUT2D eigenvalue weighted by Gasteiger charge is 2.24. The Kier molecular flexibility index (Phi) is 6.08. The van der Waals surface area contributed by atoms with Crippen molar-refractivity contribution in [3.8, 4) is 0 Å². The Morgan fingerprint density at radius 3 is 2.72 bits per heavy atom. The molecule has 2 heterocycles. The molecule has 2 aromatic rings. The van der Waals surface area contributed by atoms with Crippen molar-refractivity contribution in [3.63, 3.8) is 0 Å². The second-order valence-corrected chi connectivity index (χ2v) is 6.32. The molecule has 1 aliphatic heterocycles. The Labute approximate surface area is 147 Å². The molecule has 0 spiro atoms. The Morgan fingerprint density at radius 2 is 2.04 bits per heavy atom. The summed E-state index contributed by atoms with van der Waals surface area (Å²) in [6, 6.07) is 9.46. The highest BCUT2D eigenvalue weighted by molar-refractivity contribution is 5.80. The van der Waals surface area contributed by atoms with Crippen LogP contribution in [-0.2, 0) is 16.0 Å². The van der Waals surface area contributed by atoms with E-state index in [4.69, 9.17) is 4.74 Å². The van der Waals surface area contributed by atoms with E-state index in [2.05, 4.69) is 25.7 Å². The number of tetrazole rings is 1. The number of nitrogens with zero attached hydrogens (tertiary/aromatic N) is 5. The Hall–Kier alpha value is -2.32. The third-order valence-corrected chi connectivity index (χ3v) is 4.28. The fourth-order valence-corrected chi connectivity index (χ4v) is 3.01. The van der Waals surface area contributed by atoms with E-state index in [9.17, 15) is 4.79 Å². The molecule has 3 rings (SSSR count). The van der Waals surface area contributed by atoms with Gasteiger partial charge < -0.3 is 10.1 Å². The van der Waals surface area contributed by atoms with Gasteiger partial charge in [0.1, 0.15) is 12.4 Å². The first-order chi connectivity index (χ1) is 12.2. The van der Waals surface area contributed by atoms with Crippen LogP contribution < -0.4 is 5.32 Å². The molecule has 2 atom stereocenters. The molecule has 25 heavy (non-hydrogen) atoms. The van der Waals surface area contributed by atoms with Gasteiger partial charge in [0.15, 0.2) is 0 Å². The highest BCUT2D eigenvalue weighted by Crippen LogP contribution is 2.13. The number of rotatable bonds is 7. The first-order valence-corrected chi connectivity index (χ1v) is 8.59. The predicted molar refractivity (Wildman–Crippen MR) is 91.9 cm³/mol. The molecule has 1 saturated heterocycles. The van der Waals surface area contributed by atoms with Gasteiger partial charge in [-0.2, -0.15) is 0 Å². The summed E-state index contributed by atoms with van der Waals surface area (Å²) < 4.78 is 6.88. The van der Waals surface area contributed by atoms with Crippen LogP contribution in [-0.4, -0.2) is 69.9 Å². The minimum atomic E-state index is -0.468. The summed E-state index contributed by atoms with van der Waals surface area (Å²) in [5, 5.41) is 14.4. The van der Waals surface area contributed by atoms with E-state index in [-0.39, 0.29) is 11.9 Å². The number of ether oxygens (including phenoxy) is 1. The second-order valence-electron chi connectivity index (χ2n) is 6.32. The summed E-state index contributed by atoms with van der Waals surface area (Å²) in [6.07, 6.45) is 2.03. The summed E-state index contributed by atoms with van der Waals surface area (Å²) in [5.74, 6) is -0.0723.